The number of rotatable bonds is 1. The maximum absolute atomic E-state index is 11.6. The first-order valence-electron chi connectivity index (χ1n) is 4.02. The van der Waals surface area contributed by atoms with Crippen molar-refractivity contribution in [3.8, 4) is 0 Å². The molecule has 0 saturated carbocycles. The molecule has 0 fully saturated rings. The Balaban J connectivity index is 2.67. The summed E-state index contributed by atoms with van der Waals surface area (Å²) in [5.41, 5.74) is 0.228. The highest BCUT2D eigenvalue weighted by atomic mass is 35.5. The van der Waals surface area contributed by atoms with E-state index in [1.807, 2.05) is 0 Å². The first-order chi connectivity index (χ1) is 7.06. The SMILES string of the molecule is O=C1c2cc(Cl)cc(Cl)c2C(=O)N1CO. The molecule has 0 saturated heterocycles. The summed E-state index contributed by atoms with van der Waals surface area (Å²) >= 11 is 11.5. The first kappa shape index (κ1) is 10.4. The van der Waals surface area contributed by atoms with E-state index in [0.29, 0.717) is 4.90 Å². The molecular formula is C9H5Cl2NO3. The highest BCUT2D eigenvalue weighted by Crippen LogP contribution is 2.31. The number of benzene rings is 1. The van der Waals surface area contributed by atoms with Crippen molar-refractivity contribution in [1.82, 2.24) is 4.90 Å². The summed E-state index contributed by atoms with van der Waals surface area (Å²) in [7, 11) is 0. The van der Waals surface area contributed by atoms with Gasteiger partial charge in [-0.25, -0.2) is 0 Å². The fourth-order valence-corrected chi connectivity index (χ4v) is 2.03. The van der Waals surface area contributed by atoms with Crippen molar-refractivity contribution >= 4 is 35.0 Å². The number of carbonyl (C=O) groups excluding carboxylic acids is 2. The van der Waals surface area contributed by atoms with Gasteiger partial charge in [-0.2, -0.15) is 0 Å². The Morgan fingerprint density at radius 2 is 1.87 bits per heavy atom. The zero-order valence-corrected chi connectivity index (χ0v) is 8.84. The maximum Gasteiger partial charge on any atom is 0.264 e. The van der Waals surface area contributed by atoms with Gasteiger partial charge < -0.3 is 5.11 Å². The molecule has 15 heavy (non-hydrogen) atoms. The van der Waals surface area contributed by atoms with Gasteiger partial charge in [-0.15, -0.1) is 0 Å². The minimum Gasteiger partial charge on any atom is -0.376 e. The van der Waals surface area contributed by atoms with Gasteiger partial charge in [0.1, 0.15) is 6.73 Å². The van der Waals surface area contributed by atoms with Crippen molar-refractivity contribution in [3.63, 3.8) is 0 Å². The maximum atomic E-state index is 11.6. The van der Waals surface area contributed by atoms with Crippen LogP contribution in [0.25, 0.3) is 0 Å². The van der Waals surface area contributed by atoms with Crippen LogP contribution in [0, 0.1) is 0 Å². The average Bonchev–Trinajstić information content (AvgIpc) is 2.39. The van der Waals surface area contributed by atoms with E-state index in [-0.39, 0.29) is 21.2 Å². The van der Waals surface area contributed by atoms with Crippen LogP contribution in [-0.4, -0.2) is 28.6 Å². The Labute approximate surface area is 95.0 Å². The van der Waals surface area contributed by atoms with E-state index in [9.17, 15) is 9.59 Å². The molecule has 0 unspecified atom stereocenters. The fraction of sp³-hybridized carbons (Fsp3) is 0.111. The van der Waals surface area contributed by atoms with Crippen LogP contribution in [0.4, 0.5) is 0 Å². The molecule has 1 aromatic rings. The van der Waals surface area contributed by atoms with Gasteiger partial charge >= 0.3 is 0 Å². The van der Waals surface area contributed by atoms with E-state index in [1.165, 1.54) is 12.1 Å². The zero-order valence-electron chi connectivity index (χ0n) is 7.33. The van der Waals surface area contributed by atoms with Crippen LogP contribution < -0.4 is 0 Å². The van der Waals surface area contributed by atoms with Crippen LogP contribution in [-0.2, 0) is 0 Å². The molecular weight excluding hydrogens is 241 g/mol. The molecule has 1 aliphatic rings. The lowest BCUT2D eigenvalue weighted by atomic mass is 10.1. The lowest BCUT2D eigenvalue weighted by Gasteiger charge is -2.07. The standard InChI is InChI=1S/C9H5Cl2NO3/c10-4-1-5-7(6(11)2-4)9(15)12(3-13)8(5)14/h1-2,13H,3H2. The van der Waals surface area contributed by atoms with Crippen LogP contribution in [0.2, 0.25) is 10.0 Å². The summed E-state index contributed by atoms with van der Waals surface area (Å²) in [5, 5.41) is 9.24. The van der Waals surface area contributed by atoms with Crippen molar-refractivity contribution in [2.45, 2.75) is 0 Å². The van der Waals surface area contributed by atoms with Crippen LogP contribution in [0.5, 0.6) is 0 Å². The van der Waals surface area contributed by atoms with E-state index >= 15 is 0 Å². The van der Waals surface area contributed by atoms with Crippen molar-refractivity contribution in [3.05, 3.63) is 33.3 Å². The van der Waals surface area contributed by atoms with Gasteiger partial charge in [0, 0.05) is 5.02 Å². The van der Waals surface area contributed by atoms with Crippen molar-refractivity contribution < 1.29 is 14.7 Å². The fourth-order valence-electron chi connectivity index (χ4n) is 1.46. The number of fused-ring (bicyclic) bond motifs is 1. The number of aliphatic hydroxyl groups is 1. The number of amides is 2. The van der Waals surface area contributed by atoms with E-state index in [1.54, 1.807) is 0 Å². The molecule has 0 aromatic heterocycles. The van der Waals surface area contributed by atoms with Gasteiger partial charge in [0.15, 0.2) is 0 Å². The van der Waals surface area contributed by atoms with Crippen molar-refractivity contribution in [1.29, 1.82) is 0 Å². The highest BCUT2D eigenvalue weighted by molar-refractivity contribution is 6.39. The lowest BCUT2D eigenvalue weighted by Crippen LogP contribution is -2.30. The van der Waals surface area contributed by atoms with Gasteiger partial charge in [-0.05, 0) is 12.1 Å². The monoisotopic (exact) mass is 245 g/mol. The van der Waals surface area contributed by atoms with Gasteiger partial charge in [0.05, 0.1) is 16.1 Å². The second-order valence-electron chi connectivity index (χ2n) is 2.99. The molecule has 1 N–H and O–H groups in total. The number of nitrogens with zero attached hydrogens (tertiary/aromatic N) is 1. The summed E-state index contributed by atoms with van der Waals surface area (Å²) in [6, 6.07) is 2.74. The smallest absolute Gasteiger partial charge is 0.264 e. The van der Waals surface area contributed by atoms with Crippen LogP contribution in [0.3, 0.4) is 0 Å². The molecule has 0 radical (unpaired) electrons. The van der Waals surface area contributed by atoms with Crippen LogP contribution in [0.1, 0.15) is 20.7 Å². The minimum atomic E-state index is -0.666. The molecule has 1 aliphatic heterocycles. The molecule has 2 amide bonds. The van der Waals surface area contributed by atoms with E-state index in [4.69, 9.17) is 28.3 Å². The summed E-state index contributed by atoms with van der Waals surface area (Å²) in [6.07, 6.45) is 0. The van der Waals surface area contributed by atoms with Crippen molar-refractivity contribution in [2.75, 3.05) is 6.73 Å². The van der Waals surface area contributed by atoms with Gasteiger partial charge in [0.25, 0.3) is 11.8 Å². The predicted molar refractivity (Wildman–Crippen MR) is 54.0 cm³/mol. The van der Waals surface area contributed by atoms with Crippen LogP contribution >= 0.6 is 23.2 Å². The predicted octanol–water partition coefficient (Wildman–Crippen LogP) is 1.54. The van der Waals surface area contributed by atoms with Crippen LogP contribution in [0.15, 0.2) is 12.1 Å². The molecule has 0 bridgehead atoms. The molecule has 1 heterocycles. The molecule has 78 valence electrons. The Morgan fingerprint density at radius 1 is 1.20 bits per heavy atom. The molecule has 0 atom stereocenters. The second kappa shape index (κ2) is 3.48. The van der Waals surface area contributed by atoms with Gasteiger partial charge in [0.2, 0.25) is 0 Å². The second-order valence-corrected chi connectivity index (χ2v) is 3.83. The Kier molecular flexibility index (Phi) is 2.42. The number of hydrogen-bond donors (Lipinski definition) is 1. The quantitative estimate of drug-likeness (QED) is 0.764. The normalized spacial score (nSPS) is 14.7. The topological polar surface area (TPSA) is 57.6 Å². The summed E-state index contributed by atoms with van der Waals surface area (Å²) in [4.78, 5) is 23.9. The molecule has 0 aliphatic carbocycles. The summed E-state index contributed by atoms with van der Waals surface area (Å²) in [6.45, 7) is -0.666. The third-order valence-electron chi connectivity index (χ3n) is 2.13. The Morgan fingerprint density at radius 3 is 2.47 bits per heavy atom. The van der Waals surface area contributed by atoms with Crippen molar-refractivity contribution in [2.24, 2.45) is 0 Å². The van der Waals surface area contributed by atoms with E-state index in [0.717, 1.165) is 0 Å². The summed E-state index contributed by atoms with van der Waals surface area (Å²) < 4.78 is 0. The largest absolute Gasteiger partial charge is 0.376 e. The Hall–Kier alpha value is -1.10. The minimum absolute atomic E-state index is 0.0973. The van der Waals surface area contributed by atoms with E-state index in [2.05, 4.69) is 0 Å². The number of aliphatic hydroxyl groups excluding tert-OH is 1. The Bertz CT molecular complexity index is 473. The third-order valence-corrected chi connectivity index (χ3v) is 2.65. The number of halogens is 2. The molecule has 1 aromatic carbocycles. The average molecular weight is 246 g/mol. The lowest BCUT2D eigenvalue weighted by molar-refractivity contribution is 0.0490. The highest BCUT2D eigenvalue weighted by Gasteiger charge is 2.37. The summed E-state index contributed by atoms with van der Waals surface area (Å²) in [5.74, 6) is -1.18. The number of imide groups is 1. The van der Waals surface area contributed by atoms with E-state index < -0.39 is 18.5 Å². The molecule has 4 nitrogen and oxygen atoms in total. The molecule has 6 heteroatoms. The molecule has 0 spiro atoms. The third kappa shape index (κ3) is 1.42. The number of hydrogen-bond acceptors (Lipinski definition) is 3. The zero-order chi connectivity index (χ0) is 11.2. The van der Waals surface area contributed by atoms with Gasteiger partial charge in [-0.1, -0.05) is 23.2 Å². The molecule has 2 rings (SSSR count). The number of carbonyl (C=O) groups is 2. The first-order valence-corrected chi connectivity index (χ1v) is 4.78. The van der Waals surface area contributed by atoms with Gasteiger partial charge in [-0.3, -0.25) is 14.5 Å².